The van der Waals surface area contributed by atoms with Crippen molar-refractivity contribution in [2.24, 2.45) is 0 Å². The van der Waals surface area contributed by atoms with E-state index in [-0.39, 0.29) is 11.7 Å². The molecule has 0 spiro atoms. The number of hydrogen-bond acceptors (Lipinski definition) is 3. The third kappa shape index (κ3) is 3.57. The predicted molar refractivity (Wildman–Crippen MR) is 83.6 cm³/mol. The van der Waals surface area contributed by atoms with Crippen LogP contribution in [0.5, 0.6) is 0 Å². The maximum Gasteiger partial charge on any atom is 0.255 e. The number of halogens is 1. The van der Waals surface area contributed by atoms with E-state index in [9.17, 15) is 4.79 Å². The summed E-state index contributed by atoms with van der Waals surface area (Å²) in [6, 6.07) is 9.81. The number of benzene rings is 1. The maximum absolute atomic E-state index is 12.0. The van der Waals surface area contributed by atoms with Crippen LogP contribution in [-0.4, -0.2) is 17.4 Å². The van der Waals surface area contributed by atoms with Crippen molar-refractivity contribution < 1.29 is 4.79 Å². The molecule has 0 fully saturated rings. The highest BCUT2D eigenvalue weighted by Crippen LogP contribution is 2.15. The summed E-state index contributed by atoms with van der Waals surface area (Å²) >= 11 is 3.28. The standard InChI is InChI=1S/C15H16BrN3O/c1-10-4-2-3-5-11(10)6-7-18-15(20)13-8-12(16)9-19-14(13)17/h2-5,8-9H,6-7H2,1H3,(H2,17,19)(H,18,20). The first kappa shape index (κ1) is 14.5. The van der Waals surface area contributed by atoms with E-state index in [0.717, 1.165) is 10.9 Å². The van der Waals surface area contributed by atoms with Gasteiger partial charge in [0.05, 0.1) is 5.56 Å². The van der Waals surface area contributed by atoms with Crippen LogP contribution >= 0.6 is 15.9 Å². The fraction of sp³-hybridized carbons (Fsp3) is 0.200. The number of rotatable bonds is 4. The molecule has 0 unspecified atom stereocenters. The van der Waals surface area contributed by atoms with Gasteiger partial charge in [-0.3, -0.25) is 4.79 Å². The lowest BCUT2D eigenvalue weighted by atomic mass is 10.1. The zero-order valence-electron chi connectivity index (χ0n) is 11.2. The third-order valence-electron chi connectivity index (χ3n) is 3.07. The molecule has 2 rings (SSSR count). The Kier molecular flexibility index (Phi) is 4.74. The lowest BCUT2D eigenvalue weighted by Gasteiger charge is -2.09. The van der Waals surface area contributed by atoms with Crippen LogP contribution in [0.2, 0.25) is 0 Å². The van der Waals surface area contributed by atoms with Crippen molar-refractivity contribution in [3.63, 3.8) is 0 Å². The van der Waals surface area contributed by atoms with Gasteiger partial charge in [0.1, 0.15) is 5.82 Å². The SMILES string of the molecule is Cc1ccccc1CCNC(=O)c1cc(Br)cnc1N. The van der Waals surface area contributed by atoms with E-state index in [2.05, 4.69) is 45.3 Å². The first-order valence-corrected chi connectivity index (χ1v) is 7.11. The molecule has 2 aromatic rings. The molecule has 5 heteroatoms. The molecule has 1 heterocycles. The Hall–Kier alpha value is -1.88. The Labute approximate surface area is 126 Å². The van der Waals surface area contributed by atoms with Crippen LogP contribution < -0.4 is 11.1 Å². The molecule has 104 valence electrons. The van der Waals surface area contributed by atoms with Crippen molar-refractivity contribution in [2.75, 3.05) is 12.3 Å². The Morgan fingerprint density at radius 3 is 2.90 bits per heavy atom. The largest absolute Gasteiger partial charge is 0.383 e. The minimum atomic E-state index is -0.204. The molecule has 0 bridgehead atoms. The molecule has 0 atom stereocenters. The molecule has 1 aromatic heterocycles. The molecule has 0 saturated heterocycles. The minimum absolute atomic E-state index is 0.204. The first-order valence-electron chi connectivity index (χ1n) is 6.31. The number of nitrogens with two attached hydrogens (primary N) is 1. The van der Waals surface area contributed by atoms with Crippen molar-refractivity contribution in [1.82, 2.24) is 10.3 Å². The molecule has 0 aliphatic heterocycles. The van der Waals surface area contributed by atoms with Gasteiger partial charge >= 0.3 is 0 Å². The summed E-state index contributed by atoms with van der Waals surface area (Å²) in [5.41, 5.74) is 8.55. The van der Waals surface area contributed by atoms with Gasteiger partial charge in [0.25, 0.3) is 5.91 Å². The van der Waals surface area contributed by atoms with Crippen LogP contribution in [0, 0.1) is 6.92 Å². The van der Waals surface area contributed by atoms with E-state index < -0.39 is 0 Å². The molecule has 20 heavy (non-hydrogen) atoms. The topological polar surface area (TPSA) is 68.0 Å². The number of pyridine rings is 1. The summed E-state index contributed by atoms with van der Waals surface area (Å²) in [5, 5.41) is 2.86. The average Bonchev–Trinajstić information content (AvgIpc) is 2.43. The van der Waals surface area contributed by atoms with E-state index in [1.165, 1.54) is 11.1 Å². The summed E-state index contributed by atoms with van der Waals surface area (Å²) in [6.07, 6.45) is 2.36. The van der Waals surface area contributed by atoms with Gasteiger partial charge < -0.3 is 11.1 Å². The quantitative estimate of drug-likeness (QED) is 0.903. The summed E-state index contributed by atoms with van der Waals surface area (Å²) < 4.78 is 0.732. The van der Waals surface area contributed by atoms with Crippen molar-refractivity contribution in [1.29, 1.82) is 0 Å². The van der Waals surface area contributed by atoms with Gasteiger partial charge in [-0.05, 0) is 46.5 Å². The zero-order valence-corrected chi connectivity index (χ0v) is 12.8. The highest BCUT2D eigenvalue weighted by Gasteiger charge is 2.10. The van der Waals surface area contributed by atoms with Crippen molar-refractivity contribution >= 4 is 27.7 Å². The number of carbonyl (C=O) groups excluding carboxylic acids is 1. The van der Waals surface area contributed by atoms with Crippen LogP contribution in [0.4, 0.5) is 5.82 Å². The second-order valence-electron chi connectivity index (χ2n) is 4.52. The molecular weight excluding hydrogens is 318 g/mol. The Balaban J connectivity index is 1.96. The molecule has 1 aromatic carbocycles. The van der Waals surface area contributed by atoms with Crippen molar-refractivity contribution in [2.45, 2.75) is 13.3 Å². The smallest absolute Gasteiger partial charge is 0.255 e. The highest BCUT2D eigenvalue weighted by atomic mass is 79.9. The van der Waals surface area contributed by atoms with Crippen LogP contribution in [-0.2, 0) is 6.42 Å². The molecule has 1 amide bonds. The third-order valence-corrected chi connectivity index (χ3v) is 3.50. The minimum Gasteiger partial charge on any atom is -0.383 e. The van der Waals surface area contributed by atoms with E-state index >= 15 is 0 Å². The molecule has 0 aliphatic carbocycles. The van der Waals surface area contributed by atoms with Crippen LogP contribution in [0.1, 0.15) is 21.5 Å². The molecule has 3 N–H and O–H groups in total. The molecule has 4 nitrogen and oxygen atoms in total. The van der Waals surface area contributed by atoms with Crippen molar-refractivity contribution in [3.05, 3.63) is 57.7 Å². The van der Waals surface area contributed by atoms with Gasteiger partial charge in [-0.15, -0.1) is 0 Å². The van der Waals surface area contributed by atoms with Gasteiger partial charge in [0.2, 0.25) is 0 Å². The lowest BCUT2D eigenvalue weighted by molar-refractivity contribution is 0.0954. The summed E-state index contributed by atoms with van der Waals surface area (Å²) in [6.45, 7) is 2.63. The second-order valence-corrected chi connectivity index (χ2v) is 5.43. The molecular formula is C15H16BrN3O. The van der Waals surface area contributed by atoms with Gasteiger partial charge in [0, 0.05) is 17.2 Å². The number of aryl methyl sites for hydroxylation is 1. The highest BCUT2D eigenvalue weighted by molar-refractivity contribution is 9.10. The number of hydrogen-bond donors (Lipinski definition) is 2. The molecule has 0 radical (unpaired) electrons. The summed E-state index contributed by atoms with van der Waals surface area (Å²) in [7, 11) is 0. The van der Waals surface area contributed by atoms with Gasteiger partial charge in [0.15, 0.2) is 0 Å². The van der Waals surface area contributed by atoms with E-state index in [4.69, 9.17) is 5.73 Å². The zero-order chi connectivity index (χ0) is 14.5. The lowest BCUT2D eigenvalue weighted by Crippen LogP contribution is -2.27. The van der Waals surface area contributed by atoms with Crippen molar-refractivity contribution in [3.8, 4) is 0 Å². The summed E-state index contributed by atoms with van der Waals surface area (Å²) in [5.74, 6) is 0.0338. The van der Waals surface area contributed by atoms with Gasteiger partial charge in [-0.25, -0.2) is 4.98 Å². The number of nitrogens with one attached hydrogen (secondary N) is 1. The predicted octanol–water partition coefficient (Wildman–Crippen LogP) is 2.71. The Bertz CT molecular complexity index is 628. The molecule has 0 aliphatic rings. The monoisotopic (exact) mass is 333 g/mol. The summed E-state index contributed by atoms with van der Waals surface area (Å²) in [4.78, 5) is 16.0. The van der Waals surface area contributed by atoms with Crippen LogP contribution in [0.3, 0.4) is 0 Å². The number of nitrogen functional groups attached to an aromatic ring is 1. The number of carbonyl (C=O) groups is 1. The van der Waals surface area contributed by atoms with Gasteiger partial charge in [-0.1, -0.05) is 24.3 Å². The number of nitrogens with zero attached hydrogens (tertiary/aromatic N) is 1. The fourth-order valence-electron chi connectivity index (χ4n) is 1.93. The van der Waals surface area contributed by atoms with Gasteiger partial charge in [-0.2, -0.15) is 0 Å². The van der Waals surface area contributed by atoms with E-state index in [1.54, 1.807) is 12.3 Å². The maximum atomic E-state index is 12.0. The number of anilines is 1. The normalized spacial score (nSPS) is 10.3. The van der Waals surface area contributed by atoms with E-state index in [0.29, 0.717) is 12.1 Å². The second kappa shape index (κ2) is 6.52. The molecule has 0 saturated carbocycles. The number of aromatic nitrogens is 1. The Morgan fingerprint density at radius 1 is 1.40 bits per heavy atom. The number of amides is 1. The fourth-order valence-corrected chi connectivity index (χ4v) is 2.26. The average molecular weight is 334 g/mol. The Morgan fingerprint density at radius 2 is 2.15 bits per heavy atom. The van der Waals surface area contributed by atoms with E-state index in [1.807, 2.05) is 12.1 Å². The first-order chi connectivity index (χ1) is 9.58. The van der Waals surface area contributed by atoms with Crippen LogP contribution in [0.25, 0.3) is 0 Å². The van der Waals surface area contributed by atoms with Crippen LogP contribution in [0.15, 0.2) is 41.0 Å².